The Labute approximate surface area is 105 Å². The van der Waals surface area contributed by atoms with Gasteiger partial charge in [-0.05, 0) is 49.8 Å². The molecule has 2 aromatic rings. The lowest BCUT2D eigenvalue weighted by atomic mass is 10.2. The molecule has 0 aliphatic rings. The molecule has 4 heteroatoms. The van der Waals surface area contributed by atoms with E-state index in [1.807, 2.05) is 26.0 Å². The predicted molar refractivity (Wildman–Crippen MR) is 70.1 cm³/mol. The molecule has 0 aliphatic heterocycles. The highest BCUT2D eigenvalue weighted by Crippen LogP contribution is 2.09. The van der Waals surface area contributed by atoms with Gasteiger partial charge in [0.05, 0.1) is 6.26 Å². The van der Waals surface area contributed by atoms with Crippen molar-refractivity contribution in [3.05, 3.63) is 53.6 Å². The molecule has 0 bridgehead atoms. The molecule has 18 heavy (non-hydrogen) atoms. The normalized spacial score (nSPS) is 10.8. The average molecular weight is 242 g/mol. The first-order valence-corrected chi connectivity index (χ1v) is 5.61. The summed E-state index contributed by atoms with van der Waals surface area (Å²) in [5.74, 6) is 0.962. The highest BCUT2D eigenvalue weighted by atomic mass is 16.3. The molecule has 2 heterocycles. The minimum absolute atomic E-state index is 0.232. The fraction of sp³-hybridized carbons (Fsp3) is 0.143. The van der Waals surface area contributed by atoms with E-state index in [1.165, 1.54) is 6.08 Å². The molecular formula is C14H14N2O2. The van der Waals surface area contributed by atoms with Crippen LogP contribution in [0.3, 0.4) is 0 Å². The van der Waals surface area contributed by atoms with Crippen LogP contribution in [0, 0.1) is 13.8 Å². The minimum atomic E-state index is -0.232. The van der Waals surface area contributed by atoms with Crippen molar-refractivity contribution in [2.45, 2.75) is 13.8 Å². The first-order valence-electron chi connectivity index (χ1n) is 5.61. The number of anilines is 1. The summed E-state index contributed by atoms with van der Waals surface area (Å²) in [4.78, 5) is 15.9. The Morgan fingerprint density at radius 3 is 2.89 bits per heavy atom. The van der Waals surface area contributed by atoms with Gasteiger partial charge in [-0.15, -0.1) is 0 Å². The topological polar surface area (TPSA) is 55.1 Å². The summed E-state index contributed by atoms with van der Waals surface area (Å²) >= 11 is 0. The Hall–Kier alpha value is -2.36. The Balaban J connectivity index is 2.03. The Morgan fingerprint density at radius 2 is 2.22 bits per heavy atom. The van der Waals surface area contributed by atoms with Crippen LogP contribution >= 0.6 is 0 Å². The summed E-state index contributed by atoms with van der Waals surface area (Å²) in [6.07, 6.45) is 4.58. The van der Waals surface area contributed by atoms with Crippen LogP contribution < -0.4 is 5.32 Å². The number of rotatable bonds is 3. The molecule has 4 nitrogen and oxygen atoms in total. The molecule has 2 aromatic heterocycles. The summed E-state index contributed by atoms with van der Waals surface area (Å²) < 4.78 is 5.09. The second kappa shape index (κ2) is 5.31. The third kappa shape index (κ3) is 3.31. The Bertz CT molecular complexity index is 551. The SMILES string of the molecule is Cc1cc(C)nc(NC(=O)/C=C\c2ccco2)c1. The summed E-state index contributed by atoms with van der Waals surface area (Å²) in [6, 6.07) is 7.32. The first-order chi connectivity index (χ1) is 8.63. The van der Waals surface area contributed by atoms with E-state index in [-0.39, 0.29) is 5.91 Å². The van der Waals surface area contributed by atoms with Gasteiger partial charge < -0.3 is 9.73 Å². The number of amides is 1. The maximum absolute atomic E-state index is 11.7. The van der Waals surface area contributed by atoms with Crippen molar-refractivity contribution in [1.82, 2.24) is 4.98 Å². The smallest absolute Gasteiger partial charge is 0.249 e. The number of pyridine rings is 1. The summed E-state index contributed by atoms with van der Waals surface area (Å²) in [7, 11) is 0. The zero-order valence-corrected chi connectivity index (χ0v) is 10.3. The molecule has 0 saturated heterocycles. The number of aromatic nitrogens is 1. The average Bonchev–Trinajstić information content (AvgIpc) is 2.77. The van der Waals surface area contributed by atoms with E-state index in [0.29, 0.717) is 11.6 Å². The van der Waals surface area contributed by atoms with E-state index in [1.54, 1.807) is 24.5 Å². The molecule has 0 aromatic carbocycles. The van der Waals surface area contributed by atoms with Crippen LogP contribution in [0.5, 0.6) is 0 Å². The predicted octanol–water partition coefficient (Wildman–Crippen LogP) is 2.94. The molecule has 0 atom stereocenters. The van der Waals surface area contributed by atoms with Gasteiger partial charge in [0.15, 0.2) is 0 Å². The zero-order chi connectivity index (χ0) is 13.0. The molecule has 0 spiro atoms. The molecule has 1 amide bonds. The van der Waals surface area contributed by atoms with Gasteiger partial charge in [-0.1, -0.05) is 0 Å². The van der Waals surface area contributed by atoms with Gasteiger partial charge in [0.25, 0.3) is 0 Å². The molecule has 2 rings (SSSR count). The number of hydrogen-bond donors (Lipinski definition) is 1. The molecule has 92 valence electrons. The number of aryl methyl sites for hydroxylation is 2. The van der Waals surface area contributed by atoms with Crippen molar-refractivity contribution in [1.29, 1.82) is 0 Å². The van der Waals surface area contributed by atoms with Crippen LogP contribution in [0.1, 0.15) is 17.0 Å². The van der Waals surface area contributed by atoms with Gasteiger partial charge in [-0.25, -0.2) is 4.98 Å². The zero-order valence-electron chi connectivity index (χ0n) is 10.3. The lowest BCUT2D eigenvalue weighted by Gasteiger charge is -2.03. The molecular weight excluding hydrogens is 228 g/mol. The summed E-state index contributed by atoms with van der Waals surface area (Å²) in [6.45, 7) is 3.85. The minimum Gasteiger partial charge on any atom is -0.465 e. The lowest BCUT2D eigenvalue weighted by molar-refractivity contribution is -0.111. The maximum atomic E-state index is 11.7. The van der Waals surface area contributed by atoms with Crippen LogP contribution in [-0.4, -0.2) is 10.9 Å². The summed E-state index contributed by atoms with van der Waals surface area (Å²) in [5, 5.41) is 2.71. The third-order valence-electron chi connectivity index (χ3n) is 2.29. The highest BCUT2D eigenvalue weighted by molar-refractivity contribution is 6.01. The third-order valence-corrected chi connectivity index (χ3v) is 2.29. The Morgan fingerprint density at radius 1 is 1.39 bits per heavy atom. The molecule has 0 unspecified atom stereocenters. The monoisotopic (exact) mass is 242 g/mol. The molecule has 0 radical (unpaired) electrons. The van der Waals surface area contributed by atoms with Crippen molar-refractivity contribution < 1.29 is 9.21 Å². The highest BCUT2D eigenvalue weighted by Gasteiger charge is 2.01. The van der Waals surface area contributed by atoms with Gasteiger partial charge in [0, 0.05) is 11.8 Å². The fourth-order valence-electron chi connectivity index (χ4n) is 1.62. The van der Waals surface area contributed by atoms with Crippen LogP contribution in [0.4, 0.5) is 5.82 Å². The van der Waals surface area contributed by atoms with Crippen molar-refractivity contribution in [3.8, 4) is 0 Å². The first kappa shape index (κ1) is 12.1. The van der Waals surface area contributed by atoms with Crippen molar-refractivity contribution in [3.63, 3.8) is 0 Å². The lowest BCUT2D eigenvalue weighted by Crippen LogP contribution is -2.09. The van der Waals surface area contributed by atoms with Crippen LogP contribution in [0.25, 0.3) is 6.08 Å². The Kier molecular flexibility index (Phi) is 3.57. The number of nitrogens with zero attached hydrogens (tertiary/aromatic N) is 1. The van der Waals surface area contributed by atoms with Gasteiger partial charge >= 0.3 is 0 Å². The van der Waals surface area contributed by atoms with Gasteiger partial charge in [-0.3, -0.25) is 4.79 Å². The number of nitrogens with one attached hydrogen (secondary N) is 1. The van der Waals surface area contributed by atoms with E-state index in [0.717, 1.165) is 11.3 Å². The molecule has 0 saturated carbocycles. The van der Waals surface area contributed by atoms with Crippen molar-refractivity contribution in [2.75, 3.05) is 5.32 Å². The van der Waals surface area contributed by atoms with Gasteiger partial charge in [0.1, 0.15) is 11.6 Å². The van der Waals surface area contributed by atoms with Gasteiger partial charge in [0.2, 0.25) is 5.91 Å². The molecule has 0 aliphatic carbocycles. The number of carbonyl (C=O) groups excluding carboxylic acids is 1. The quantitative estimate of drug-likeness (QED) is 0.842. The molecule has 0 fully saturated rings. The number of hydrogen-bond acceptors (Lipinski definition) is 3. The van der Waals surface area contributed by atoms with E-state index >= 15 is 0 Å². The summed E-state index contributed by atoms with van der Waals surface area (Å²) in [5.41, 5.74) is 1.94. The molecule has 1 N–H and O–H groups in total. The van der Waals surface area contributed by atoms with Gasteiger partial charge in [-0.2, -0.15) is 0 Å². The maximum Gasteiger partial charge on any atom is 0.249 e. The largest absolute Gasteiger partial charge is 0.465 e. The second-order valence-electron chi connectivity index (χ2n) is 4.01. The van der Waals surface area contributed by atoms with Crippen LogP contribution in [0.15, 0.2) is 41.0 Å². The second-order valence-corrected chi connectivity index (χ2v) is 4.01. The van der Waals surface area contributed by atoms with Crippen molar-refractivity contribution in [2.24, 2.45) is 0 Å². The fourth-order valence-corrected chi connectivity index (χ4v) is 1.62. The van der Waals surface area contributed by atoms with Crippen LogP contribution in [-0.2, 0) is 4.79 Å². The number of furan rings is 1. The van der Waals surface area contributed by atoms with E-state index in [9.17, 15) is 4.79 Å². The van der Waals surface area contributed by atoms with Crippen LogP contribution in [0.2, 0.25) is 0 Å². The number of carbonyl (C=O) groups is 1. The van der Waals surface area contributed by atoms with E-state index < -0.39 is 0 Å². The standard InChI is InChI=1S/C14H14N2O2/c1-10-8-11(2)15-13(9-10)16-14(17)6-5-12-4-3-7-18-12/h3-9H,1-2H3,(H,15,16,17)/b6-5-. The van der Waals surface area contributed by atoms with Crippen molar-refractivity contribution >= 4 is 17.8 Å². The van der Waals surface area contributed by atoms with E-state index in [4.69, 9.17) is 4.42 Å². The van der Waals surface area contributed by atoms with E-state index in [2.05, 4.69) is 10.3 Å².